The zero-order valence-corrected chi connectivity index (χ0v) is 61.1. The molecular formula is C74H108BrLiN12O7. The molecule has 9 rings (SSSR count). The van der Waals surface area contributed by atoms with Crippen LogP contribution >= 0.6 is 15.9 Å². The normalized spacial score (nSPS) is 14.5. The first-order chi connectivity index (χ1) is 44.2. The number of aliphatic carboxylic acids is 1. The second kappa shape index (κ2) is 42.5. The predicted molar refractivity (Wildman–Crippen MR) is 381 cm³/mol. The largest absolute Gasteiger partial charge is 1.00 e. The molecule has 0 spiro atoms. The van der Waals surface area contributed by atoms with Crippen LogP contribution in [0.1, 0.15) is 191 Å². The summed E-state index contributed by atoms with van der Waals surface area (Å²) >= 11 is 3.09. The van der Waals surface area contributed by atoms with E-state index in [0.29, 0.717) is 70.4 Å². The van der Waals surface area contributed by atoms with Crippen molar-refractivity contribution in [3.8, 4) is 0 Å². The van der Waals surface area contributed by atoms with Gasteiger partial charge < -0.3 is 41.6 Å². The van der Waals surface area contributed by atoms with E-state index in [1.165, 1.54) is 73.9 Å². The number of nitrogens with two attached hydrogens (primary N) is 1. The van der Waals surface area contributed by atoms with Gasteiger partial charge in [-0.05, 0) is 172 Å². The molecule has 3 heterocycles. The maximum atomic E-state index is 12.2. The van der Waals surface area contributed by atoms with Crippen LogP contribution in [0.5, 0.6) is 0 Å². The number of carboxylic acid groups (broad SMARTS) is 1. The van der Waals surface area contributed by atoms with E-state index in [9.17, 15) is 9.90 Å². The molecule has 0 aliphatic heterocycles. The first-order valence-corrected chi connectivity index (χ1v) is 34.2. The van der Waals surface area contributed by atoms with Crippen molar-refractivity contribution >= 4 is 80.2 Å². The molecule has 0 radical (unpaired) electrons. The predicted octanol–water partition coefficient (Wildman–Crippen LogP) is 13.5. The van der Waals surface area contributed by atoms with Gasteiger partial charge in [-0.2, -0.15) is 19.2 Å². The van der Waals surface area contributed by atoms with Crippen LogP contribution in [0, 0.1) is 35.5 Å². The van der Waals surface area contributed by atoms with Crippen LogP contribution < -0.4 is 49.9 Å². The number of nitrogens with zero attached hydrogens (tertiary/aromatic N) is 9. The van der Waals surface area contributed by atoms with Crippen LogP contribution in [0.4, 0.5) is 46.0 Å². The first-order valence-electron chi connectivity index (χ1n) is 33.4. The monoisotopic (exact) mass is 1360 g/mol. The smallest absolute Gasteiger partial charge is 0.870 e. The number of aromatic nitrogens is 6. The quantitative estimate of drug-likeness (QED) is 0.0264. The summed E-state index contributed by atoms with van der Waals surface area (Å²) in [6, 6.07) is 25.4. The van der Waals surface area contributed by atoms with Crippen molar-refractivity contribution in [3.05, 3.63) is 131 Å². The minimum atomic E-state index is -0.798. The van der Waals surface area contributed by atoms with Gasteiger partial charge in [0, 0.05) is 76.4 Å². The summed E-state index contributed by atoms with van der Waals surface area (Å²) in [6.07, 6.45) is 24.6. The van der Waals surface area contributed by atoms with Gasteiger partial charge in [-0.1, -0.05) is 154 Å². The van der Waals surface area contributed by atoms with Gasteiger partial charge in [0.2, 0.25) is 11.9 Å². The Balaban J connectivity index is 0.000000441. The van der Waals surface area contributed by atoms with E-state index >= 15 is 0 Å². The van der Waals surface area contributed by atoms with Crippen molar-refractivity contribution in [3.63, 3.8) is 0 Å². The number of carbonyl (C=O) groups excluding carboxylic acids is 4. The van der Waals surface area contributed by atoms with Crippen molar-refractivity contribution in [1.82, 2.24) is 29.9 Å². The summed E-state index contributed by atoms with van der Waals surface area (Å²) in [5.41, 5.74) is 16.5. The SMILES string of the molecule is Brc1ncccn1.CC(C)CN(CC(C)C)c1ccc(C2(C(=O)O)CCCC2)cc1Nc1ncccn1.CC(C)CN(CC(C)C)c1ccc(C2(C)CCCC2)cc1N.CC(C)CN(CC(C)C)c1ccc(C2(C)CCCC2)cc1Nc1ncccn1.O=C=O.O=C=O.[Li+].[OH-]. The second-order valence-electron chi connectivity index (χ2n) is 28.0. The fourth-order valence-corrected chi connectivity index (χ4v) is 13.2. The third-order valence-electron chi connectivity index (χ3n) is 16.9. The average molecular weight is 1360 g/mol. The van der Waals surface area contributed by atoms with Gasteiger partial charge in [0.1, 0.15) is 0 Å². The Morgan fingerprint density at radius 3 is 1.05 bits per heavy atom. The Hall–Kier alpha value is -7.03. The third kappa shape index (κ3) is 27.5. The van der Waals surface area contributed by atoms with Crippen LogP contribution in [-0.2, 0) is 40.2 Å². The molecule has 3 fully saturated rings. The standard InChI is InChI=1S/C24H34N4O2.C24H36N4.C20H34N2.C4H3BrN2.2CO2.Li.H2O/c1-17(2)15-28(16-18(3)4)21-9-8-19(24(22(29)30)10-5-6-11-24)14-20(21)27-23-25-12-7-13-26-23;1-18(2)16-28(17-19(3)4)22-10-9-20(24(5)11-6-7-12-24)15-21(22)27-23-25-13-8-14-26-23;1-15(2)13-22(14-16(3)4)19-9-8-17(12-18(19)21)20(5)10-6-7-11-20;5-4-6-2-1-3-7-4;2*2-1-3;;/h7-9,12-14,17-18H,5-6,10-11,15-16H2,1-4H3,(H,29,30)(H,25,26,27);8-10,13-15,18-19H,6-7,11-12,16-17H2,1-5H3,(H,25,26,27);8-9,12,15-16H,6-7,10-11,13-14,21H2,1-5H3;1-3H;;;;1H2/q;;;;;;+1;/p-1. The Kier molecular flexibility index (Phi) is 37.6. The van der Waals surface area contributed by atoms with Crippen molar-refractivity contribution in [2.24, 2.45) is 35.5 Å². The fourth-order valence-electron chi connectivity index (χ4n) is 12.9. The van der Waals surface area contributed by atoms with Crippen molar-refractivity contribution in [2.45, 2.75) is 190 Å². The minimum absolute atomic E-state index is 0. The summed E-state index contributed by atoms with van der Waals surface area (Å²) in [4.78, 5) is 77.1. The maximum Gasteiger partial charge on any atom is 1.00 e. The van der Waals surface area contributed by atoms with Gasteiger partial charge in [-0.25, -0.2) is 29.9 Å². The summed E-state index contributed by atoms with van der Waals surface area (Å²) in [7, 11) is 0. The van der Waals surface area contributed by atoms with Gasteiger partial charge in [-0.15, -0.1) is 0 Å². The van der Waals surface area contributed by atoms with Crippen LogP contribution in [0.15, 0.2) is 115 Å². The molecule has 3 aromatic heterocycles. The molecule has 3 saturated carbocycles. The number of halogens is 1. The van der Waals surface area contributed by atoms with Crippen LogP contribution in [0.3, 0.4) is 0 Å². The zero-order chi connectivity index (χ0) is 68.7. The molecule has 3 aliphatic rings. The summed E-state index contributed by atoms with van der Waals surface area (Å²) in [6.45, 7) is 38.0. The molecule has 0 amide bonds. The van der Waals surface area contributed by atoms with E-state index in [1.54, 1.807) is 49.3 Å². The number of nitrogen functional groups attached to an aromatic ring is 1. The van der Waals surface area contributed by atoms with E-state index in [-0.39, 0.29) is 42.1 Å². The van der Waals surface area contributed by atoms with E-state index in [0.717, 1.165) is 80.4 Å². The number of hydrogen-bond acceptors (Lipinski definition) is 18. The van der Waals surface area contributed by atoms with Crippen molar-refractivity contribution in [2.75, 3.05) is 70.3 Å². The van der Waals surface area contributed by atoms with E-state index < -0.39 is 11.4 Å². The molecule has 0 bridgehead atoms. The van der Waals surface area contributed by atoms with Crippen LogP contribution in [-0.4, -0.2) is 98.0 Å². The second-order valence-corrected chi connectivity index (χ2v) is 28.7. The number of nitrogens with one attached hydrogen (secondary N) is 2. The van der Waals surface area contributed by atoms with Crippen molar-refractivity contribution in [1.29, 1.82) is 0 Å². The topological polar surface area (TPSA) is 273 Å². The van der Waals surface area contributed by atoms with E-state index in [4.69, 9.17) is 24.9 Å². The molecule has 0 saturated heterocycles. The Labute approximate surface area is 587 Å². The minimum Gasteiger partial charge on any atom is -0.870 e. The Morgan fingerprint density at radius 1 is 0.484 bits per heavy atom. The van der Waals surface area contributed by atoms with Gasteiger partial charge in [0.05, 0.1) is 39.5 Å². The van der Waals surface area contributed by atoms with Gasteiger partial charge in [-0.3, -0.25) is 4.79 Å². The number of rotatable bonds is 23. The summed E-state index contributed by atoms with van der Waals surface area (Å²) < 4.78 is 0.634. The average Bonchev–Trinajstić information content (AvgIpc) is 1.78. The fraction of sp³-hybridized carbons (Fsp3) is 0.554. The first kappa shape index (κ1) is 84.1. The Bertz CT molecular complexity index is 3160. The van der Waals surface area contributed by atoms with Crippen LogP contribution in [0.2, 0.25) is 0 Å². The van der Waals surface area contributed by atoms with Crippen molar-refractivity contribution < 1.29 is 53.4 Å². The molecule has 6 N–H and O–H groups in total. The molecule has 21 heteroatoms. The van der Waals surface area contributed by atoms with E-state index in [1.807, 2.05) is 18.2 Å². The van der Waals surface area contributed by atoms with Gasteiger partial charge in [0.25, 0.3) is 0 Å². The molecule has 514 valence electrons. The van der Waals surface area contributed by atoms with Gasteiger partial charge in [0.15, 0.2) is 4.73 Å². The summed E-state index contributed by atoms with van der Waals surface area (Å²) in [5, 5.41) is 16.9. The number of carboxylic acids is 1. The molecule has 95 heavy (non-hydrogen) atoms. The molecule has 3 aromatic carbocycles. The third-order valence-corrected chi connectivity index (χ3v) is 17.4. The van der Waals surface area contributed by atoms with Crippen LogP contribution in [0.25, 0.3) is 0 Å². The molecule has 19 nitrogen and oxygen atoms in total. The summed E-state index contributed by atoms with van der Waals surface area (Å²) in [5.74, 6) is 3.95. The zero-order valence-electron chi connectivity index (χ0n) is 59.5. The number of benzene rings is 3. The number of hydrogen-bond donors (Lipinski definition) is 4. The van der Waals surface area contributed by atoms with Gasteiger partial charge >= 0.3 is 37.1 Å². The maximum absolute atomic E-state index is 12.2. The molecule has 3 aliphatic carbocycles. The number of anilines is 8. The Morgan fingerprint density at radius 2 is 0.758 bits per heavy atom. The molecule has 0 unspecified atom stereocenters. The number of carbonyl (C=O) groups is 1. The molecule has 6 aromatic rings. The van der Waals surface area contributed by atoms with E-state index in [2.05, 4.69) is 211 Å². The molecular weight excluding hydrogens is 1260 g/mol. The molecule has 0 atom stereocenters.